The minimum absolute atomic E-state index is 0.110. The molecule has 3 atom stereocenters. The van der Waals surface area contributed by atoms with E-state index in [1.54, 1.807) is 0 Å². The predicted octanol–water partition coefficient (Wildman–Crippen LogP) is 5.02. The van der Waals surface area contributed by atoms with Gasteiger partial charge in [-0.05, 0) is 52.4 Å². The summed E-state index contributed by atoms with van der Waals surface area (Å²) in [5.74, 6) is -0.480. The molecule has 1 aliphatic rings. The Morgan fingerprint density at radius 1 is 1.10 bits per heavy atom. The number of carbonyl (C=O) groups excluding carboxylic acids is 1. The molecule has 0 saturated heterocycles. The lowest BCUT2D eigenvalue weighted by atomic mass is 9.77. The van der Waals surface area contributed by atoms with E-state index in [2.05, 4.69) is 19.2 Å². The van der Waals surface area contributed by atoms with Gasteiger partial charge < -0.3 is 19.7 Å². The Kier molecular flexibility index (Phi) is 11.0. The van der Waals surface area contributed by atoms with Gasteiger partial charge in [-0.25, -0.2) is 0 Å². The van der Waals surface area contributed by atoms with Gasteiger partial charge in [-0.3, -0.25) is 4.79 Å². The number of methoxy groups -OCH3 is 2. The number of aliphatic hydroxyl groups excluding tert-OH is 1. The van der Waals surface area contributed by atoms with Crippen molar-refractivity contribution >= 4 is 5.78 Å². The Morgan fingerprint density at radius 2 is 1.71 bits per heavy atom. The molecule has 31 heavy (non-hydrogen) atoms. The molecule has 0 saturated carbocycles. The molecule has 1 rings (SSSR count). The van der Waals surface area contributed by atoms with Gasteiger partial charge in [0.1, 0.15) is 6.10 Å². The molecular formula is C26H40O5. The zero-order valence-electron chi connectivity index (χ0n) is 19.8. The molecule has 3 unspecified atom stereocenters. The molecule has 0 aliphatic heterocycles. The van der Waals surface area contributed by atoms with Crippen molar-refractivity contribution in [1.82, 2.24) is 0 Å². The average Bonchev–Trinajstić information content (AvgIpc) is 2.72. The van der Waals surface area contributed by atoms with E-state index >= 15 is 0 Å². The Bertz CT molecular complexity index is 721. The van der Waals surface area contributed by atoms with Crippen LogP contribution in [0.4, 0.5) is 0 Å². The monoisotopic (exact) mass is 432 g/mol. The number of carbonyl (C=O) groups is 1. The van der Waals surface area contributed by atoms with Crippen LogP contribution < -0.4 is 0 Å². The number of Topliss-reactive ketones (excluding diaryl/α,β-unsaturated/α-hetero) is 1. The molecule has 0 aromatic rings. The van der Waals surface area contributed by atoms with Gasteiger partial charge in [0, 0.05) is 11.8 Å². The van der Waals surface area contributed by atoms with Crippen molar-refractivity contribution in [1.29, 1.82) is 0 Å². The third-order valence-electron chi connectivity index (χ3n) is 5.87. The van der Waals surface area contributed by atoms with E-state index < -0.39 is 11.7 Å². The molecule has 0 bridgehead atoms. The lowest BCUT2D eigenvalue weighted by molar-refractivity contribution is -0.128. The SMILES string of the molecule is C=C/C(=C\CC1C(C)C(=O)C(OC)=C(OC)C1O)CC/C=C(\C=C)CCCC(C)(C)O. The smallest absolute Gasteiger partial charge is 0.204 e. The minimum atomic E-state index is -0.891. The Morgan fingerprint density at radius 3 is 2.23 bits per heavy atom. The fraction of sp³-hybridized carbons (Fsp3) is 0.577. The summed E-state index contributed by atoms with van der Waals surface area (Å²) in [6, 6.07) is 0. The zero-order valence-corrected chi connectivity index (χ0v) is 19.8. The van der Waals surface area contributed by atoms with Gasteiger partial charge in [0.15, 0.2) is 5.76 Å². The van der Waals surface area contributed by atoms with Crippen LogP contribution in [0, 0.1) is 11.8 Å². The van der Waals surface area contributed by atoms with Crippen LogP contribution in [-0.2, 0) is 14.3 Å². The number of aliphatic hydroxyl groups is 2. The summed E-state index contributed by atoms with van der Waals surface area (Å²) in [5.41, 5.74) is 1.61. The summed E-state index contributed by atoms with van der Waals surface area (Å²) in [7, 11) is 2.85. The molecule has 2 N–H and O–H groups in total. The van der Waals surface area contributed by atoms with E-state index in [9.17, 15) is 15.0 Å². The molecule has 0 aromatic heterocycles. The minimum Gasteiger partial charge on any atom is -0.494 e. The number of ketones is 1. The molecule has 0 radical (unpaired) electrons. The van der Waals surface area contributed by atoms with E-state index in [1.807, 2.05) is 39.0 Å². The first-order chi connectivity index (χ1) is 14.6. The second kappa shape index (κ2) is 12.7. The molecule has 0 amide bonds. The molecule has 0 fully saturated rings. The molecule has 0 aromatic carbocycles. The fourth-order valence-electron chi connectivity index (χ4n) is 3.88. The van der Waals surface area contributed by atoms with Gasteiger partial charge in [0.2, 0.25) is 11.5 Å². The van der Waals surface area contributed by atoms with Crippen molar-refractivity contribution in [2.24, 2.45) is 11.8 Å². The number of hydrogen-bond donors (Lipinski definition) is 2. The van der Waals surface area contributed by atoms with Crippen molar-refractivity contribution in [2.45, 2.75) is 71.0 Å². The molecular weight excluding hydrogens is 392 g/mol. The van der Waals surface area contributed by atoms with Crippen LogP contribution in [-0.4, -0.2) is 41.9 Å². The first-order valence-corrected chi connectivity index (χ1v) is 11.0. The lowest BCUT2D eigenvalue weighted by Crippen LogP contribution is -2.40. The summed E-state index contributed by atoms with van der Waals surface area (Å²) >= 11 is 0. The Balaban J connectivity index is 2.75. The van der Waals surface area contributed by atoms with Crippen LogP contribution in [0.2, 0.25) is 0 Å². The third kappa shape index (κ3) is 8.15. The first-order valence-electron chi connectivity index (χ1n) is 11.0. The Labute approximate surface area is 187 Å². The van der Waals surface area contributed by atoms with Crippen LogP contribution in [0.3, 0.4) is 0 Å². The highest BCUT2D eigenvalue weighted by atomic mass is 16.5. The molecule has 5 heteroatoms. The second-order valence-corrected chi connectivity index (χ2v) is 8.77. The summed E-state index contributed by atoms with van der Waals surface area (Å²) in [4.78, 5) is 12.6. The van der Waals surface area contributed by atoms with Crippen LogP contribution in [0.1, 0.15) is 59.3 Å². The third-order valence-corrected chi connectivity index (χ3v) is 5.87. The highest BCUT2D eigenvalue weighted by Crippen LogP contribution is 2.35. The van der Waals surface area contributed by atoms with E-state index in [1.165, 1.54) is 19.8 Å². The highest BCUT2D eigenvalue weighted by molar-refractivity contribution is 5.97. The topological polar surface area (TPSA) is 76.0 Å². The number of allylic oxidation sites excluding steroid dienone is 7. The van der Waals surface area contributed by atoms with Crippen molar-refractivity contribution in [2.75, 3.05) is 14.2 Å². The zero-order chi connectivity index (χ0) is 23.6. The Hall–Kier alpha value is -2.11. The van der Waals surface area contributed by atoms with Gasteiger partial charge in [0.25, 0.3) is 0 Å². The summed E-state index contributed by atoms with van der Waals surface area (Å²) in [6.45, 7) is 13.3. The van der Waals surface area contributed by atoms with E-state index in [4.69, 9.17) is 9.47 Å². The molecule has 174 valence electrons. The maximum atomic E-state index is 12.6. The number of ether oxygens (including phenoxy) is 2. The van der Waals surface area contributed by atoms with Crippen LogP contribution in [0.25, 0.3) is 0 Å². The number of hydrogen-bond acceptors (Lipinski definition) is 5. The van der Waals surface area contributed by atoms with Crippen LogP contribution >= 0.6 is 0 Å². The normalized spacial score (nSPS) is 23.1. The average molecular weight is 433 g/mol. The van der Waals surface area contributed by atoms with Crippen molar-refractivity contribution in [3.05, 3.63) is 60.1 Å². The first kappa shape index (κ1) is 26.9. The fourth-order valence-corrected chi connectivity index (χ4v) is 3.88. The highest BCUT2D eigenvalue weighted by Gasteiger charge is 2.42. The summed E-state index contributed by atoms with van der Waals surface area (Å²) in [5, 5.41) is 20.6. The maximum absolute atomic E-state index is 12.6. The predicted molar refractivity (Wildman–Crippen MR) is 125 cm³/mol. The van der Waals surface area contributed by atoms with Crippen molar-refractivity contribution in [3.63, 3.8) is 0 Å². The summed E-state index contributed by atoms with van der Waals surface area (Å²) in [6.07, 6.45) is 11.8. The molecule has 5 nitrogen and oxygen atoms in total. The standard InChI is InChI=1S/C26H40O5/c1-8-19(14-11-17-26(4,5)29)12-10-13-20(9-2)15-16-21-18(3)22(27)24(30-6)25(31-7)23(21)28/h8-9,12,15,18,21,23,28-29H,1-2,10-11,13-14,16-17H2,3-7H3/b19-12+,20-15+. The van der Waals surface area contributed by atoms with E-state index in [0.717, 1.165) is 37.7 Å². The molecule has 0 heterocycles. The summed E-state index contributed by atoms with van der Waals surface area (Å²) < 4.78 is 10.4. The van der Waals surface area contributed by atoms with Crippen molar-refractivity contribution < 1.29 is 24.5 Å². The number of rotatable bonds is 13. The maximum Gasteiger partial charge on any atom is 0.204 e. The van der Waals surface area contributed by atoms with Crippen LogP contribution in [0.5, 0.6) is 0 Å². The van der Waals surface area contributed by atoms with Gasteiger partial charge >= 0.3 is 0 Å². The van der Waals surface area contributed by atoms with E-state index in [0.29, 0.717) is 6.42 Å². The van der Waals surface area contributed by atoms with Gasteiger partial charge in [0.05, 0.1) is 19.8 Å². The second-order valence-electron chi connectivity index (χ2n) is 8.77. The van der Waals surface area contributed by atoms with Crippen molar-refractivity contribution in [3.8, 4) is 0 Å². The quantitative estimate of drug-likeness (QED) is 0.400. The van der Waals surface area contributed by atoms with Crippen LogP contribution in [0.15, 0.2) is 60.1 Å². The lowest BCUT2D eigenvalue weighted by Gasteiger charge is -2.33. The molecule has 1 aliphatic carbocycles. The van der Waals surface area contributed by atoms with E-state index in [-0.39, 0.29) is 29.1 Å². The largest absolute Gasteiger partial charge is 0.494 e. The van der Waals surface area contributed by atoms with Gasteiger partial charge in [-0.15, -0.1) is 0 Å². The molecule has 0 spiro atoms. The van der Waals surface area contributed by atoms with Gasteiger partial charge in [-0.2, -0.15) is 0 Å². The van der Waals surface area contributed by atoms with Gasteiger partial charge in [-0.1, -0.05) is 55.5 Å².